The molecule has 0 aromatic heterocycles. The smallest absolute Gasteiger partial charge is 0.219 e. The molecule has 0 spiro atoms. The lowest BCUT2D eigenvalue weighted by atomic mass is 10.2. The molecule has 1 aromatic carbocycles. The van der Waals surface area contributed by atoms with Crippen molar-refractivity contribution in [2.45, 2.75) is 26.4 Å². The average molecular weight is 394 g/mol. The SMILES string of the molecule is CCC(CNC(=NC)NCCN1CCN(C(C)=O)CC1)Oc1cccc(F)c1. The molecule has 156 valence electrons. The lowest BCUT2D eigenvalue weighted by molar-refractivity contribution is -0.130. The van der Waals surface area contributed by atoms with Crippen LogP contribution < -0.4 is 15.4 Å². The number of halogens is 1. The van der Waals surface area contributed by atoms with E-state index in [4.69, 9.17) is 4.74 Å². The summed E-state index contributed by atoms with van der Waals surface area (Å²) in [6.07, 6.45) is 0.709. The number of carbonyl (C=O) groups is 1. The molecule has 1 saturated heterocycles. The van der Waals surface area contributed by atoms with Crippen molar-refractivity contribution >= 4 is 11.9 Å². The van der Waals surface area contributed by atoms with Gasteiger partial charge in [-0.2, -0.15) is 0 Å². The normalized spacial score (nSPS) is 16.6. The summed E-state index contributed by atoms with van der Waals surface area (Å²) in [4.78, 5) is 19.8. The van der Waals surface area contributed by atoms with Crippen molar-refractivity contribution in [3.05, 3.63) is 30.1 Å². The van der Waals surface area contributed by atoms with Crippen molar-refractivity contribution in [2.75, 3.05) is 52.9 Å². The molecule has 1 heterocycles. The second kappa shape index (κ2) is 11.5. The quantitative estimate of drug-likeness (QED) is 0.515. The van der Waals surface area contributed by atoms with E-state index in [-0.39, 0.29) is 17.8 Å². The minimum atomic E-state index is -0.304. The third-order valence-electron chi connectivity index (χ3n) is 4.81. The topological polar surface area (TPSA) is 69.2 Å². The zero-order chi connectivity index (χ0) is 20.4. The summed E-state index contributed by atoms with van der Waals surface area (Å²) in [7, 11) is 1.73. The van der Waals surface area contributed by atoms with Gasteiger partial charge in [0.1, 0.15) is 17.7 Å². The van der Waals surface area contributed by atoms with Gasteiger partial charge < -0.3 is 20.3 Å². The molecule has 2 rings (SSSR count). The van der Waals surface area contributed by atoms with Gasteiger partial charge in [-0.1, -0.05) is 13.0 Å². The van der Waals surface area contributed by atoms with Crippen LogP contribution in [0.1, 0.15) is 20.3 Å². The molecule has 1 amide bonds. The number of guanidine groups is 1. The summed E-state index contributed by atoms with van der Waals surface area (Å²) in [5.74, 6) is 1.08. The lowest BCUT2D eigenvalue weighted by Gasteiger charge is -2.34. The van der Waals surface area contributed by atoms with Gasteiger partial charge in [-0.25, -0.2) is 4.39 Å². The predicted octanol–water partition coefficient (Wildman–Crippen LogP) is 1.31. The van der Waals surface area contributed by atoms with Crippen LogP contribution in [-0.2, 0) is 4.79 Å². The number of hydrogen-bond donors (Lipinski definition) is 2. The second-order valence-electron chi connectivity index (χ2n) is 6.83. The van der Waals surface area contributed by atoms with Crippen LogP contribution in [0.5, 0.6) is 5.75 Å². The molecule has 28 heavy (non-hydrogen) atoms. The van der Waals surface area contributed by atoms with Gasteiger partial charge in [0, 0.05) is 59.3 Å². The fourth-order valence-corrected chi connectivity index (χ4v) is 3.05. The van der Waals surface area contributed by atoms with E-state index in [1.807, 2.05) is 11.8 Å². The molecule has 1 fully saturated rings. The Bertz CT molecular complexity index is 647. The Morgan fingerprint density at radius 2 is 2.04 bits per heavy atom. The van der Waals surface area contributed by atoms with E-state index in [1.54, 1.807) is 26.1 Å². The van der Waals surface area contributed by atoms with E-state index < -0.39 is 0 Å². The van der Waals surface area contributed by atoms with Crippen LogP contribution in [0.2, 0.25) is 0 Å². The van der Waals surface area contributed by atoms with Crippen LogP contribution >= 0.6 is 0 Å². The van der Waals surface area contributed by atoms with Crippen molar-refractivity contribution in [3.8, 4) is 5.75 Å². The largest absolute Gasteiger partial charge is 0.489 e. The predicted molar refractivity (Wildman–Crippen MR) is 109 cm³/mol. The van der Waals surface area contributed by atoms with E-state index in [2.05, 4.69) is 20.5 Å². The number of carbonyl (C=O) groups excluding carboxylic acids is 1. The highest BCUT2D eigenvalue weighted by atomic mass is 19.1. The molecule has 7 nitrogen and oxygen atoms in total. The van der Waals surface area contributed by atoms with Gasteiger partial charge in [0.25, 0.3) is 0 Å². The fourth-order valence-electron chi connectivity index (χ4n) is 3.05. The number of piperazine rings is 1. The van der Waals surface area contributed by atoms with Crippen LogP contribution in [0.25, 0.3) is 0 Å². The first kappa shape index (κ1) is 21.9. The standard InChI is InChI=1S/C20H32FN5O2/c1-4-18(28-19-7-5-6-17(21)14-19)15-24-20(22-3)23-8-9-25-10-12-26(13-11-25)16(2)27/h5-7,14,18H,4,8-13,15H2,1-3H3,(H2,22,23,24). The van der Waals surface area contributed by atoms with Gasteiger partial charge in [-0.05, 0) is 18.6 Å². The van der Waals surface area contributed by atoms with E-state index in [1.165, 1.54) is 12.1 Å². The van der Waals surface area contributed by atoms with Crippen LogP contribution in [0.3, 0.4) is 0 Å². The average Bonchev–Trinajstić information content (AvgIpc) is 2.69. The molecule has 1 aliphatic heterocycles. The molecule has 2 N–H and O–H groups in total. The Morgan fingerprint density at radius 3 is 2.64 bits per heavy atom. The molecule has 1 atom stereocenters. The summed E-state index contributed by atoms with van der Waals surface area (Å²) in [6, 6.07) is 6.19. The summed E-state index contributed by atoms with van der Waals surface area (Å²) in [5.41, 5.74) is 0. The van der Waals surface area contributed by atoms with E-state index >= 15 is 0 Å². The van der Waals surface area contributed by atoms with Crippen molar-refractivity contribution < 1.29 is 13.9 Å². The van der Waals surface area contributed by atoms with Gasteiger partial charge in [0.05, 0.1) is 6.54 Å². The highest BCUT2D eigenvalue weighted by Gasteiger charge is 2.18. The number of rotatable bonds is 8. The first-order chi connectivity index (χ1) is 13.5. The molecule has 1 aromatic rings. The van der Waals surface area contributed by atoms with Crippen LogP contribution in [0, 0.1) is 5.82 Å². The van der Waals surface area contributed by atoms with Gasteiger partial charge in [0.15, 0.2) is 5.96 Å². The Morgan fingerprint density at radius 1 is 1.29 bits per heavy atom. The molecule has 0 saturated carbocycles. The summed E-state index contributed by atoms with van der Waals surface area (Å²) in [5, 5.41) is 6.57. The van der Waals surface area contributed by atoms with Crippen LogP contribution in [-0.4, -0.2) is 80.6 Å². The maximum absolute atomic E-state index is 13.3. The number of ether oxygens (including phenoxy) is 1. The summed E-state index contributed by atoms with van der Waals surface area (Å²) >= 11 is 0. The zero-order valence-corrected chi connectivity index (χ0v) is 17.1. The Kier molecular flexibility index (Phi) is 9.00. The summed E-state index contributed by atoms with van der Waals surface area (Å²) in [6.45, 7) is 9.25. The molecular weight excluding hydrogens is 361 g/mol. The minimum absolute atomic E-state index is 0.0833. The highest BCUT2D eigenvalue weighted by molar-refractivity contribution is 5.79. The van der Waals surface area contributed by atoms with Gasteiger partial charge in [-0.15, -0.1) is 0 Å². The molecule has 8 heteroatoms. The Balaban J connectivity index is 1.68. The van der Waals surface area contributed by atoms with Crippen molar-refractivity contribution in [2.24, 2.45) is 4.99 Å². The van der Waals surface area contributed by atoms with Crippen LogP contribution in [0.4, 0.5) is 4.39 Å². The van der Waals surface area contributed by atoms with E-state index in [0.717, 1.165) is 45.7 Å². The molecular formula is C20H32FN5O2. The molecule has 0 bridgehead atoms. The van der Waals surface area contributed by atoms with Crippen molar-refractivity contribution in [1.29, 1.82) is 0 Å². The third-order valence-corrected chi connectivity index (χ3v) is 4.81. The molecule has 0 radical (unpaired) electrons. The van der Waals surface area contributed by atoms with E-state index in [0.29, 0.717) is 18.3 Å². The number of amides is 1. The Hall–Kier alpha value is -2.35. The number of hydrogen-bond acceptors (Lipinski definition) is 4. The second-order valence-corrected chi connectivity index (χ2v) is 6.83. The van der Waals surface area contributed by atoms with Gasteiger partial charge in [0.2, 0.25) is 5.91 Å². The number of nitrogens with zero attached hydrogens (tertiary/aromatic N) is 3. The maximum atomic E-state index is 13.3. The number of benzene rings is 1. The van der Waals surface area contributed by atoms with Gasteiger partial charge in [-0.3, -0.25) is 14.7 Å². The molecule has 0 aliphatic carbocycles. The van der Waals surface area contributed by atoms with Crippen LogP contribution in [0.15, 0.2) is 29.3 Å². The minimum Gasteiger partial charge on any atom is -0.489 e. The molecule has 1 aliphatic rings. The first-order valence-corrected chi connectivity index (χ1v) is 9.86. The maximum Gasteiger partial charge on any atom is 0.219 e. The monoisotopic (exact) mass is 393 g/mol. The third kappa shape index (κ3) is 7.34. The first-order valence-electron chi connectivity index (χ1n) is 9.86. The lowest BCUT2D eigenvalue weighted by Crippen LogP contribution is -2.50. The fraction of sp³-hybridized carbons (Fsp3) is 0.600. The Labute approximate surface area is 166 Å². The van der Waals surface area contributed by atoms with Crippen molar-refractivity contribution in [1.82, 2.24) is 20.4 Å². The molecule has 1 unspecified atom stereocenters. The zero-order valence-electron chi connectivity index (χ0n) is 17.1. The van der Waals surface area contributed by atoms with E-state index in [9.17, 15) is 9.18 Å². The number of aliphatic imine (C=N–C) groups is 1. The van der Waals surface area contributed by atoms with Crippen molar-refractivity contribution in [3.63, 3.8) is 0 Å². The highest BCUT2D eigenvalue weighted by Crippen LogP contribution is 2.14. The van der Waals surface area contributed by atoms with Gasteiger partial charge >= 0.3 is 0 Å². The summed E-state index contributed by atoms with van der Waals surface area (Å²) < 4.78 is 19.1. The number of nitrogens with one attached hydrogen (secondary N) is 2.